The van der Waals surface area contributed by atoms with Crippen LogP contribution in [0.4, 0.5) is 5.69 Å². The molecule has 0 saturated carbocycles. The summed E-state index contributed by atoms with van der Waals surface area (Å²) in [5, 5.41) is 6.08. The van der Waals surface area contributed by atoms with Crippen molar-refractivity contribution in [2.24, 2.45) is 4.99 Å². The van der Waals surface area contributed by atoms with Gasteiger partial charge in [0, 0.05) is 42.0 Å². The van der Waals surface area contributed by atoms with Gasteiger partial charge in [0.1, 0.15) is 11.7 Å². The van der Waals surface area contributed by atoms with E-state index < -0.39 is 0 Å². The normalized spacial score (nSPS) is 14.2. The first kappa shape index (κ1) is 16.8. The fourth-order valence-corrected chi connectivity index (χ4v) is 3.70. The van der Waals surface area contributed by atoms with Gasteiger partial charge in [-0.15, -0.1) is 0 Å². The van der Waals surface area contributed by atoms with E-state index >= 15 is 0 Å². The van der Waals surface area contributed by atoms with E-state index in [4.69, 9.17) is 4.99 Å². The average molecular weight is 346 g/mol. The molecule has 2 aromatic carbocycles. The fraction of sp³-hybridized carbons (Fsp3) is 0.364. The largest absolute Gasteiger partial charge is 0.349 e. The number of nitrogens with zero attached hydrogens (tertiary/aromatic N) is 2. The topological polar surface area (TPSA) is 53.1 Å². The van der Waals surface area contributed by atoms with Gasteiger partial charge in [-0.25, -0.2) is 4.98 Å². The lowest BCUT2D eigenvalue weighted by Crippen LogP contribution is -2.08. The van der Waals surface area contributed by atoms with E-state index in [-0.39, 0.29) is 0 Å². The van der Waals surface area contributed by atoms with Gasteiger partial charge in [-0.05, 0) is 24.3 Å². The Kier molecular flexibility index (Phi) is 5.29. The van der Waals surface area contributed by atoms with Gasteiger partial charge < -0.3 is 10.3 Å². The van der Waals surface area contributed by atoms with E-state index in [0.717, 1.165) is 31.0 Å². The Balaban J connectivity index is 1.17. The monoisotopic (exact) mass is 346 g/mol. The number of aromatic amines is 1. The lowest BCUT2D eigenvalue weighted by Gasteiger charge is -2.02. The van der Waals surface area contributed by atoms with Crippen LogP contribution < -0.4 is 5.32 Å². The highest BCUT2D eigenvalue weighted by atomic mass is 15.0. The summed E-state index contributed by atoms with van der Waals surface area (Å²) in [6, 6.07) is 12.9. The summed E-state index contributed by atoms with van der Waals surface area (Å²) >= 11 is 0. The Morgan fingerprint density at radius 2 is 1.69 bits per heavy atom. The predicted molar refractivity (Wildman–Crippen MR) is 109 cm³/mol. The Morgan fingerprint density at radius 3 is 2.54 bits per heavy atom. The van der Waals surface area contributed by atoms with E-state index in [9.17, 15) is 0 Å². The van der Waals surface area contributed by atoms with Crippen molar-refractivity contribution in [1.82, 2.24) is 9.97 Å². The highest BCUT2D eigenvalue weighted by molar-refractivity contribution is 6.25. The van der Waals surface area contributed by atoms with Crippen LogP contribution in [-0.2, 0) is 6.42 Å². The average Bonchev–Trinajstić information content (AvgIpc) is 3.30. The quantitative estimate of drug-likeness (QED) is 0.515. The molecule has 0 fully saturated rings. The first-order valence-electron chi connectivity index (χ1n) is 9.74. The first-order valence-corrected chi connectivity index (χ1v) is 9.74. The van der Waals surface area contributed by atoms with Gasteiger partial charge in [-0.1, -0.05) is 56.0 Å². The van der Waals surface area contributed by atoms with Gasteiger partial charge in [0.05, 0.1) is 0 Å². The van der Waals surface area contributed by atoms with Crippen LogP contribution in [0.1, 0.15) is 49.9 Å². The van der Waals surface area contributed by atoms with Gasteiger partial charge >= 0.3 is 0 Å². The van der Waals surface area contributed by atoms with Crippen LogP contribution in [-0.4, -0.2) is 22.3 Å². The Morgan fingerprint density at radius 1 is 0.885 bits per heavy atom. The first-order chi connectivity index (χ1) is 12.9. The van der Waals surface area contributed by atoms with Crippen molar-refractivity contribution >= 4 is 22.3 Å². The van der Waals surface area contributed by atoms with Crippen molar-refractivity contribution < 1.29 is 0 Å². The number of unbranched alkanes of at least 4 members (excludes halogenated alkanes) is 5. The van der Waals surface area contributed by atoms with Crippen LogP contribution in [0.2, 0.25) is 0 Å². The summed E-state index contributed by atoms with van der Waals surface area (Å²) < 4.78 is 0. The lowest BCUT2D eigenvalue weighted by atomic mass is 10.1. The SMILES string of the molecule is c1cc2c3c(cccc3c1)C(=NCCCCCCCCc1ncc[nH]1)N2. The molecule has 0 unspecified atom stereocenters. The predicted octanol–water partition coefficient (Wildman–Crippen LogP) is 5.32. The number of H-pyrrole nitrogens is 1. The number of imidazole rings is 1. The van der Waals surface area contributed by atoms with Crippen LogP contribution in [0, 0.1) is 0 Å². The van der Waals surface area contributed by atoms with Gasteiger partial charge in [0.2, 0.25) is 0 Å². The number of aromatic nitrogens is 2. The third-order valence-corrected chi connectivity index (χ3v) is 5.06. The molecule has 26 heavy (non-hydrogen) atoms. The molecule has 4 nitrogen and oxygen atoms in total. The number of aliphatic imine (C=N–C) groups is 1. The Labute approximate surface area is 154 Å². The smallest absolute Gasteiger partial charge is 0.133 e. The van der Waals surface area contributed by atoms with E-state index in [1.165, 1.54) is 54.1 Å². The van der Waals surface area contributed by atoms with Gasteiger partial charge in [0.15, 0.2) is 0 Å². The summed E-state index contributed by atoms with van der Waals surface area (Å²) in [6.45, 7) is 0.902. The zero-order valence-corrected chi connectivity index (χ0v) is 15.2. The number of hydrogen-bond donors (Lipinski definition) is 2. The zero-order valence-electron chi connectivity index (χ0n) is 15.2. The molecule has 2 N–H and O–H groups in total. The minimum absolute atomic E-state index is 0.902. The maximum Gasteiger partial charge on any atom is 0.133 e. The third-order valence-electron chi connectivity index (χ3n) is 5.06. The summed E-state index contributed by atoms with van der Waals surface area (Å²) in [5.74, 6) is 2.15. The summed E-state index contributed by atoms with van der Waals surface area (Å²) in [5.41, 5.74) is 2.43. The van der Waals surface area contributed by atoms with Gasteiger partial charge in [-0.2, -0.15) is 0 Å². The van der Waals surface area contributed by atoms with Crippen LogP contribution in [0.25, 0.3) is 10.8 Å². The lowest BCUT2D eigenvalue weighted by molar-refractivity contribution is 0.593. The van der Waals surface area contributed by atoms with E-state index in [2.05, 4.69) is 51.7 Å². The Hall–Kier alpha value is -2.62. The third kappa shape index (κ3) is 3.79. The van der Waals surface area contributed by atoms with Crippen molar-refractivity contribution in [3.05, 3.63) is 60.2 Å². The van der Waals surface area contributed by atoms with E-state index in [1.54, 1.807) is 0 Å². The molecule has 4 rings (SSSR count). The van der Waals surface area contributed by atoms with Crippen molar-refractivity contribution in [1.29, 1.82) is 0 Å². The molecular weight excluding hydrogens is 320 g/mol. The van der Waals surface area contributed by atoms with Gasteiger partial charge in [-0.3, -0.25) is 4.99 Å². The molecule has 134 valence electrons. The zero-order chi connectivity index (χ0) is 17.6. The molecule has 0 radical (unpaired) electrons. The summed E-state index contributed by atoms with van der Waals surface area (Å²) in [6.07, 6.45) is 12.3. The number of amidine groups is 1. The second-order valence-corrected chi connectivity index (χ2v) is 6.97. The summed E-state index contributed by atoms with van der Waals surface area (Å²) in [7, 11) is 0. The number of rotatable bonds is 9. The molecule has 4 heteroatoms. The van der Waals surface area contributed by atoms with Crippen molar-refractivity contribution in [3.63, 3.8) is 0 Å². The molecule has 0 aliphatic carbocycles. The molecule has 1 aliphatic rings. The van der Waals surface area contributed by atoms with Gasteiger partial charge in [0.25, 0.3) is 0 Å². The van der Waals surface area contributed by atoms with E-state index in [0.29, 0.717) is 0 Å². The van der Waals surface area contributed by atoms with Crippen molar-refractivity contribution in [2.75, 3.05) is 11.9 Å². The van der Waals surface area contributed by atoms with Crippen molar-refractivity contribution in [2.45, 2.75) is 44.9 Å². The molecule has 0 bridgehead atoms. The van der Waals surface area contributed by atoms with Crippen LogP contribution in [0.3, 0.4) is 0 Å². The number of hydrogen-bond acceptors (Lipinski definition) is 2. The minimum atomic E-state index is 0.902. The molecular formula is C22H26N4. The van der Waals surface area contributed by atoms with Crippen LogP contribution in [0.5, 0.6) is 0 Å². The van der Waals surface area contributed by atoms with Crippen LogP contribution >= 0.6 is 0 Å². The second-order valence-electron chi connectivity index (χ2n) is 6.97. The molecule has 1 aromatic heterocycles. The number of benzene rings is 2. The highest BCUT2D eigenvalue weighted by Gasteiger charge is 2.18. The summed E-state index contributed by atoms with van der Waals surface area (Å²) in [4.78, 5) is 12.3. The maximum atomic E-state index is 4.82. The number of nitrogens with one attached hydrogen (secondary N) is 2. The molecule has 0 amide bonds. The molecule has 1 aliphatic heterocycles. The molecule has 2 heterocycles. The number of aryl methyl sites for hydroxylation is 1. The molecule has 0 atom stereocenters. The molecule has 0 saturated heterocycles. The van der Waals surface area contributed by atoms with E-state index in [1.807, 2.05) is 12.4 Å². The van der Waals surface area contributed by atoms with Crippen LogP contribution in [0.15, 0.2) is 53.8 Å². The minimum Gasteiger partial charge on any atom is -0.349 e. The fourth-order valence-electron chi connectivity index (χ4n) is 3.70. The standard InChI is InChI=1S/C22H26N4/c1(3-5-13-20-23-15-16-24-20)2-4-6-14-25-22-18-11-7-9-17-10-8-12-19(26-22)21(17)18/h7-12,15-16H,1-6,13-14H2,(H,23,24)(H,25,26). The second kappa shape index (κ2) is 8.17. The maximum absolute atomic E-state index is 4.82. The van der Waals surface area contributed by atoms with Crippen molar-refractivity contribution in [3.8, 4) is 0 Å². The molecule has 0 spiro atoms. The number of anilines is 1. The molecule has 3 aromatic rings. The Bertz CT molecular complexity index is 875. The highest BCUT2D eigenvalue weighted by Crippen LogP contribution is 2.32.